The van der Waals surface area contributed by atoms with Crippen LogP contribution in [0.25, 0.3) is 0 Å². The van der Waals surface area contributed by atoms with E-state index in [9.17, 15) is 22.0 Å². The second-order valence-electron chi connectivity index (χ2n) is 10.2. The van der Waals surface area contributed by atoms with E-state index < -0.39 is 41.9 Å². The maximum absolute atomic E-state index is 15.1. The molecule has 10 heteroatoms. The average molecular weight is 561 g/mol. The van der Waals surface area contributed by atoms with Gasteiger partial charge in [-0.1, -0.05) is 24.8 Å². The van der Waals surface area contributed by atoms with Gasteiger partial charge in [-0.05, 0) is 92.5 Å². The summed E-state index contributed by atoms with van der Waals surface area (Å²) in [5.41, 5.74) is 0.995. The zero-order valence-corrected chi connectivity index (χ0v) is 21.3. The van der Waals surface area contributed by atoms with Crippen molar-refractivity contribution in [1.82, 2.24) is 0 Å². The van der Waals surface area contributed by atoms with Gasteiger partial charge in [0.2, 0.25) is 0 Å². The summed E-state index contributed by atoms with van der Waals surface area (Å²) in [5.74, 6) is -3.36. The van der Waals surface area contributed by atoms with E-state index in [1.54, 1.807) is 18.2 Å². The number of benzene rings is 2. The molecule has 2 fully saturated rings. The van der Waals surface area contributed by atoms with Gasteiger partial charge in [0.25, 0.3) is 0 Å². The van der Waals surface area contributed by atoms with Crippen LogP contribution in [0.5, 0.6) is 11.5 Å². The lowest BCUT2D eigenvalue weighted by Gasteiger charge is -2.37. The molecule has 0 bridgehead atoms. The Balaban J connectivity index is 1.26. The van der Waals surface area contributed by atoms with Crippen molar-refractivity contribution in [2.45, 2.75) is 81.8 Å². The van der Waals surface area contributed by atoms with Gasteiger partial charge in [-0.2, -0.15) is 8.78 Å². The third kappa shape index (κ3) is 7.68. The summed E-state index contributed by atoms with van der Waals surface area (Å²) in [6, 6.07) is 7.92. The third-order valence-electron chi connectivity index (χ3n) is 7.63. The van der Waals surface area contributed by atoms with Crippen molar-refractivity contribution in [1.29, 1.82) is 0 Å². The first kappa shape index (κ1) is 29.2. The van der Waals surface area contributed by atoms with Crippen molar-refractivity contribution >= 4 is 0 Å². The number of hydrogen-bond donors (Lipinski definition) is 0. The van der Waals surface area contributed by atoms with E-state index in [-0.39, 0.29) is 31.3 Å². The molecule has 0 aromatic heterocycles. The fraction of sp³-hybridized carbons (Fsp3) is 0.517. The van der Waals surface area contributed by atoms with Gasteiger partial charge in [0, 0.05) is 6.07 Å². The molecule has 0 aliphatic heterocycles. The molecule has 2 saturated carbocycles. The van der Waals surface area contributed by atoms with E-state index in [1.165, 1.54) is 12.1 Å². The highest BCUT2D eigenvalue weighted by atomic mass is 19.4. The summed E-state index contributed by atoms with van der Waals surface area (Å²) in [4.78, 5) is 0. The standard InChI is InChI=1S/C29H31F7O3/c1-2-15-37-23-12-13-24(25(30)17-23)19-3-8-21(9-4-19)28(32,33)38-22-10-5-18(6-11-22)20-7-14-27(26(31)16-20)39-29(34,35)36/h2,7,12-14,16-19,21-22H,1,3-6,8-11,15H2. The van der Waals surface area contributed by atoms with Crippen molar-refractivity contribution in [3.05, 3.63) is 71.8 Å². The highest BCUT2D eigenvalue weighted by Crippen LogP contribution is 2.46. The van der Waals surface area contributed by atoms with Crippen molar-refractivity contribution in [2.75, 3.05) is 6.61 Å². The normalized spacial score (nSPS) is 24.3. The zero-order chi connectivity index (χ0) is 28.2. The van der Waals surface area contributed by atoms with E-state index in [0.29, 0.717) is 55.4 Å². The van der Waals surface area contributed by atoms with Gasteiger partial charge >= 0.3 is 12.5 Å². The molecule has 2 aliphatic carbocycles. The smallest absolute Gasteiger partial charge is 0.489 e. The molecule has 4 rings (SSSR count). The van der Waals surface area contributed by atoms with Crippen LogP contribution in [-0.2, 0) is 4.74 Å². The van der Waals surface area contributed by atoms with Crippen LogP contribution in [0.3, 0.4) is 0 Å². The highest BCUT2D eigenvalue weighted by molar-refractivity contribution is 5.32. The van der Waals surface area contributed by atoms with Crippen molar-refractivity contribution in [2.24, 2.45) is 5.92 Å². The fourth-order valence-electron chi connectivity index (χ4n) is 5.64. The lowest BCUT2D eigenvalue weighted by Crippen LogP contribution is -2.38. The minimum absolute atomic E-state index is 0.158. The largest absolute Gasteiger partial charge is 0.573 e. The molecule has 0 spiro atoms. The molecule has 0 N–H and O–H groups in total. The van der Waals surface area contributed by atoms with Crippen molar-refractivity contribution < 1.29 is 44.9 Å². The third-order valence-corrected chi connectivity index (χ3v) is 7.63. The first-order chi connectivity index (χ1) is 18.4. The van der Waals surface area contributed by atoms with Gasteiger partial charge < -0.3 is 14.2 Å². The summed E-state index contributed by atoms with van der Waals surface area (Å²) in [7, 11) is 0. The Morgan fingerprint density at radius 3 is 2.05 bits per heavy atom. The molecular weight excluding hydrogens is 529 g/mol. The van der Waals surface area contributed by atoms with Gasteiger partial charge in [0.05, 0.1) is 12.0 Å². The summed E-state index contributed by atoms with van der Waals surface area (Å²) in [5, 5.41) is 0. The van der Waals surface area contributed by atoms with Gasteiger partial charge in [0.15, 0.2) is 11.6 Å². The van der Waals surface area contributed by atoms with E-state index in [4.69, 9.17) is 9.47 Å². The second-order valence-corrected chi connectivity index (χ2v) is 10.2. The van der Waals surface area contributed by atoms with Gasteiger partial charge in [-0.3, -0.25) is 0 Å². The molecule has 214 valence electrons. The Morgan fingerprint density at radius 2 is 1.46 bits per heavy atom. The van der Waals surface area contributed by atoms with E-state index in [0.717, 1.165) is 12.1 Å². The van der Waals surface area contributed by atoms with Crippen LogP contribution >= 0.6 is 0 Å². The lowest BCUT2D eigenvalue weighted by molar-refractivity contribution is -0.300. The molecule has 0 saturated heterocycles. The van der Waals surface area contributed by atoms with Crippen LogP contribution in [0.4, 0.5) is 30.7 Å². The molecule has 2 aromatic rings. The summed E-state index contributed by atoms with van der Waals surface area (Å²) >= 11 is 0. The predicted molar refractivity (Wildman–Crippen MR) is 131 cm³/mol. The van der Waals surface area contributed by atoms with Gasteiger partial charge in [0.1, 0.15) is 18.2 Å². The fourth-order valence-corrected chi connectivity index (χ4v) is 5.64. The lowest BCUT2D eigenvalue weighted by atomic mass is 9.78. The van der Waals surface area contributed by atoms with E-state index in [1.807, 2.05) is 0 Å². The molecule has 0 amide bonds. The first-order valence-corrected chi connectivity index (χ1v) is 13.1. The Kier molecular flexibility index (Phi) is 9.14. The minimum atomic E-state index is -5.00. The molecule has 0 atom stereocenters. The first-order valence-electron chi connectivity index (χ1n) is 13.1. The monoisotopic (exact) mass is 560 g/mol. The Morgan fingerprint density at radius 1 is 0.795 bits per heavy atom. The van der Waals surface area contributed by atoms with E-state index in [2.05, 4.69) is 11.3 Å². The quantitative estimate of drug-likeness (QED) is 0.226. The van der Waals surface area contributed by atoms with Crippen LogP contribution in [0, 0.1) is 17.6 Å². The van der Waals surface area contributed by atoms with Crippen molar-refractivity contribution in [3.63, 3.8) is 0 Å². The number of rotatable bonds is 9. The summed E-state index contributed by atoms with van der Waals surface area (Å²) < 4.78 is 110. The number of ether oxygens (including phenoxy) is 3. The maximum atomic E-state index is 15.1. The number of hydrogen-bond acceptors (Lipinski definition) is 3. The van der Waals surface area contributed by atoms with E-state index >= 15 is 8.78 Å². The molecule has 0 radical (unpaired) electrons. The average Bonchev–Trinajstić information content (AvgIpc) is 2.88. The van der Waals surface area contributed by atoms with Crippen molar-refractivity contribution in [3.8, 4) is 11.5 Å². The maximum Gasteiger partial charge on any atom is 0.573 e. The van der Waals surface area contributed by atoms with Crippen LogP contribution in [-0.4, -0.2) is 25.2 Å². The molecule has 0 heterocycles. The second kappa shape index (κ2) is 12.2. The SMILES string of the molecule is C=CCOc1ccc(C2CCC(C(F)(F)OC3CCC(c4ccc(OC(F)(F)F)c(F)c4)CC3)CC2)c(F)c1. The summed E-state index contributed by atoms with van der Waals surface area (Å²) in [6.45, 7) is 3.80. The number of alkyl halides is 5. The van der Waals surface area contributed by atoms with Gasteiger partial charge in [-0.15, -0.1) is 13.2 Å². The molecule has 3 nitrogen and oxygen atoms in total. The minimum Gasteiger partial charge on any atom is -0.489 e. The Hall–Kier alpha value is -2.75. The predicted octanol–water partition coefficient (Wildman–Crippen LogP) is 9.04. The topological polar surface area (TPSA) is 27.7 Å². The molecule has 0 unspecified atom stereocenters. The molecule has 2 aromatic carbocycles. The van der Waals surface area contributed by atoms with Crippen LogP contribution in [0.1, 0.15) is 74.3 Å². The van der Waals surface area contributed by atoms with Crippen LogP contribution < -0.4 is 9.47 Å². The molecule has 39 heavy (non-hydrogen) atoms. The Bertz CT molecular complexity index is 1120. The summed E-state index contributed by atoms with van der Waals surface area (Å²) in [6.07, 6.45) is -4.67. The number of halogens is 7. The van der Waals surface area contributed by atoms with Gasteiger partial charge in [-0.25, -0.2) is 8.78 Å². The highest BCUT2D eigenvalue weighted by Gasteiger charge is 2.45. The Labute approximate surface area is 222 Å². The molecular formula is C29H31F7O3. The van der Waals surface area contributed by atoms with Crippen LogP contribution in [0.15, 0.2) is 49.1 Å². The van der Waals surface area contributed by atoms with Crippen LogP contribution in [0.2, 0.25) is 0 Å². The molecule has 2 aliphatic rings. The zero-order valence-electron chi connectivity index (χ0n) is 21.3.